The van der Waals surface area contributed by atoms with Crippen molar-refractivity contribution >= 4 is 50.4 Å². The molecule has 3 rings (SSSR count). The van der Waals surface area contributed by atoms with Crippen molar-refractivity contribution in [3.8, 4) is 0 Å². The summed E-state index contributed by atoms with van der Waals surface area (Å²) in [4.78, 5) is 15.1. The van der Waals surface area contributed by atoms with Gasteiger partial charge in [0.15, 0.2) is 5.58 Å². The molecule has 0 amide bonds. The Balaban J connectivity index is 1.88. The quantitative estimate of drug-likeness (QED) is 0.269. The third-order valence-electron chi connectivity index (χ3n) is 3.27. The highest BCUT2D eigenvalue weighted by Gasteiger charge is 2.17. The molecule has 23 heavy (non-hydrogen) atoms. The first-order valence-corrected chi connectivity index (χ1v) is 8.62. The maximum absolute atomic E-state index is 11.1. The molecule has 0 unspecified atom stereocenters. The molecule has 6 nitrogen and oxygen atoms in total. The van der Waals surface area contributed by atoms with Crippen LogP contribution in [-0.4, -0.2) is 16.2 Å². The van der Waals surface area contributed by atoms with E-state index >= 15 is 0 Å². The fraction of sp³-hybridized carbons (Fsp3) is 0.133. The number of para-hydroxylation sites is 2. The second-order valence-electron chi connectivity index (χ2n) is 4.75. The van der Waals surface area contributed by atoms with E-state index in [1.54, 1.807) is 22.1 Å². The van der Waals surface area contributed by atoms with Crippen LogP contribution < -0.4 is 3.93 Å². The molecule has 0 aliphatic carbocycles. The summed E-state index contributed by atoms with van der Waals surface area (Å²) in [5, 5.41) is 11.7. The van der Waals surface area contributed by atoms with Crippen molar-refractivity contribution in [2.75, 3.05) is 10.2 Å². The monoisotopic (exact) mass is 393 g/mol. The molecule has 0 aliphatic rings. The van der Waals surface area contributed by atoms with E-state index in [2.05, 4.69) is 21.1 Å². The van der Waals surface area contributed by atoms with Crippen LogP contribution in [0.3, 0.4) is 0 Å². The summed E-state index contributed by atoms with van der Waals surface area (Å²) in [5.74, 6) is 0. The summed E-state index contributed by atoms with van der Waals surface area (Å²) in [7, 11) is 0. The van der Waals surface area contributed by atoms with Crippen molar-refractivity contribution in [2.45, 2.75) is 11.8 Å². The number of nitro benzene ring substituents is 1. The van der Waals surface area contributed by atoms with E-state index in [-0.39, 0.29) is 5.69 Å². The Hall–Kier alpha value is -2.06. The molecule has 118 valence electrons. The van der Waals surface area contributed by atoms with Gasteiger partial charge in [0.2, 0.25) is 0 Å². The van der Waals surface area contributed by atoms with Crippen LogP contribution in [0.2, 0.25) is 0 Å². The average molecular weight is 394 g/mol. The molecule has 0 spiro atoms. The number of rotatable bonds is 5. The molecule has 1 aromatic heterocycles. The van der Waals surface area contributed by atoms with Gasteiger partial charge in [-0.2, -0.15) is 0 Å². The van der Waals surface area contributed by atoms with Gasteiger partial charge in [0.05, 0.1) is 27.6 Å². The Morgan fingerprint density at radius 3 is 2.87 bits per heavy atom. The summed E-state index contributed by atoms with van der Waals surface area (Å²) in [6, 6.07) is 12.3. The summed E-state index contributed by atoms with van der Waals surface area (Å²) < 4.78 is 7.28. The number of nitrogens with zero attached hydrogens (tertiary/aromatic N) is 3. The van der Waals surface area contributed by atoms with Crippen molar-refractivity contribution in [3.63, 3.8) is 0 Å². The summed E-state index contributed by atoms with van der Waals surface area (Å²) in [5.41, 5.74) is 3.01. The highest BCUT2D eigenvalue weighted by molar-refractivity contribution is 9.10. The molecule has 0 N–H and O–H groups in total. The maximum atomic E-state index is 11.1. The van der Waals surface area contributed by atoms with E-state index in [9.17, 15) is 10.1 Å². The van der Waals surface area contributed by atoms with Crippen LogP contribution in [0, 0.1) is 10.1 Å². The Bertz CT molecular complexity index is 868. The van der Waals surface area contributed by atoms with Crippen molar-refractivity contribution in [3.05, 3.63) is 58.1 Å². The standard InChI is InChI=1S/C15H12BrN3O3S/c1-23-15-17-11-7-6-10(8-14(11)22-15)9-18(16)12-4-2-3-5-13(12)19(20)21/h2-8H,9H2,1H3. The highest BCUT2D eigenvalue weighted by atomic mass is 79.9. The van der Waals surface area contributed by atoms with E-state index in [1.807, 2.05) is 24.5 Å². The first-order chi connectivity index (χ1) is 11.1. The number of nitro groups is 1. The minimum Gasteiger partial charge on any atom is -0.431 e. The minimum atomic E-state index is -0.395. The van der Waals surface area contributed by atoms with Gasteiger partial charge in [-0.1, -0.05) is 30.0 Å². The first kappa shape index (κ1) is 15.8. The van der Waals surface area contributed by atoms with E-state index in [0.29, 0.717) is 23.0 Å². The molecule has 0 bridgehead atoms. The summed E-state index contributed by atoms with van der Waals surface area (Å²) in [6.07, 6.45) is 1.90. The molecule has 0 fully saturated rings. The lowest BCUT2D eigenvalue weighted by atomic mass is 10.2. The first-order valence-electron chi connectivity index (χ1n) is 6.68. The van der Waals surface area contributed by atoms with Gasteiger partial charge >= 0.3 is 0 Å². The van der Waals surface area contributed by atoms with Crippen LogP contribution in [0.5, 0.6) is 0 Å². The molecule has 8 heteroatoms. The van der Waals surface area contributed by atoms with Gasteiger partial charge in [-0.15, -0.1) is 0 Å². The number of hydrogen-bond acceptors (Lipinski definition) is 6. The molecule has 1 heterocycles. The van der Waals surface area contributed by atoms with Crippen LogP contribution >= 0.6 is 27.9 Å². The Morgan fingerprint density at radius 1 is 1.35 bits per heavy atom. The van der Waals surface area contributed by atoms with Crippen LogP contribution in [-0.2, 0) is 6.54 Å². The lowest BCUT2D eigenvalue weighted by Gasteiger charge is -2.16. The SMILES string of the molecule is CSc1nc2ccc(CN(Br)c3ccccc3[N+](=O)[O-])cc2o1. The fourth-order valence-corrected chi connectivity index (χ4v) is 3.15. The molecular formula is C15H12BrN3O3S. The molecule has 3 aromatic rings. The molecular weight excluding hydrogens is 382 g/mol. The lowest BCUT2D eigenvalue weighted by Crippen LogP contribution is -2.10. The van der Waals surface area contributed by atoms with Gasteiger partial charge in [0.1, 0.15) is 11.2 Å². The number of fused-ring (bicyclic) bond motifs is 1. The molecule has 0 radical (unpaired) electrons. The normalized spacial score (nSPS) is 10.9. The molecule has 0 saturated carbocycles. The molecule has 0 atom stereocenters. The van der Waals surface area contributed by atoms with Gasteiger partial charge in [-0.05, 0) is 30.0 Å². The summed E-state index contributed by atoms with van der Waals surface area (Å²) in [6.45, 7) is 0.454. The van der Waals surface area contributed by atoms with Crippen molar-refractivity contribution in [2.24, 2.45) is 0 Å². The van der Waals surface area contributed by atoms with Crippen LogP contribution in [0.4, 0.5) is 11.4 Å². The molecule has 0 saturated heterocycles. The number of oxazole rings is 1. The second-order valence-corrected chi connectivity index (χ2v) is 6.37. The van der Waals surface area contributed by atoms with Gasteiger partial charge < -0.3 is 4.42 Å². The Labute approximate surface area is 145 Å². The predicted octanol–water partition coefficient (Wildman–Crippen LogP) is 4.77. The fourth-order valence-electron chi connectivity index (χ4n) is 2.20. The zero-order chi connectivity index (χ0) is 16.4. The highest BCUT2D eigenvalue weighted by Crippen LogP contribution is 2.31. The van der Waals surface area contributed by atoms with Crippen molar-refractivity contribution in [1.82, 2.24) is 4.98 Å². The van der Waals surface area contributed by atoms with Crippen molar-refractivity contribution in [1.29, 1.82) is 0 Å². The average Bonchev–Trinajstić information content (AvgIpc) is 2.97. The number of benzene rings is 2. The van der Waals surface area contributed by atoms with Gasteiger partial charge in [-0.3, -0.25) is 14.0 Å². The zero-order valence-corrected chi connectivity index (χ0v) is 14.5. The van der Waals surface area contributed by atoms with E-state index in [0.717, 1.165) is 11.1 Å². The largest absolute Gasteiger partial charge is 0.431 e. The molecule has 0 aliphatic heterocycles. The number of hydrogen-bond donors (Lipinski definition) is 0. The van der Waals surface area contributed by atoms with Gasteiger partial charge in [0.25, 0.3) is 10.9 Å². The summed E-state index contributed by atoms with van der Waals surface area (Å²) >= 11 is 4.85. The maximum Gasteiger partial charge on any atom is 0.293 e. The van der Waals surface area contributed by atoms with E-state index in [4.69, 9.17) is 4.42 Å². The number of thioether (sulfide) groups is 1. The number of aromatic nitrogens is 1. The Kier molecular flexibility index (Phi) is 4.53. The smallest absolute Gasteiger partial charge is 0.293 e. The Morgan fingerprint density at radius 2 is 2.13 bits per heavy atom. The zero-order valence-electron chi connectivity index (χ0n) is 12.1. The van der Waals surface area contributed by atoms with Crippen LogP contribution in [0.25, 0.3) is 11.1 Å². The van der Waals surface area contributed by atoms with E-state index in [1.165, 1.54) is 17.8 Å². The third kappa shape index (κ3) is 3.32. The van der Waals surface area contributed by atoms with Crippen LogP contribution in [0.15, 0.2) is 52.1 Å². The third-order valence-corrected chi connectivity index (χ3v) is 4.43. The van der Waals surface area contributed by atoms with E-state index < -0.39 is 4.92 Å². The molecule has 2 aromatic carbocycles. The lowest BCUT2D eigenvalue weighted by molar-refractivity contribution is -0.384. The van der Waals surface area contributed by atoms with Gasteiger partial charge in [-0.25, -0.2) is 4.98 Å². The van der Waals surface area contributed by atoms with Crippen LogP contribution in [0.1, 0.15) is 5.56 Å². The number of halogens is 1. The van der Waals surface area contributed by atoms with Gasteiger partial charge in [0, 0.05) is 6.07 Å². The second kappa shape index (κ2) is 6.59. The van der Waals surface area contributed by atoms with Crippen molar-refractivity contribution < 1.29 is 9.34 Å². The minimum absolute atomic E-state index is 0.0507. The topological polar surface area (TPSA) is 72.4 Å². The number of anilines is 1. The predicted molar refractivity (Wildman–Crippen MR) is 94.0 cm³/mol.